The zero-order valence-corrected chi connectivity index (χ0v) is 11.0. The third-order valence-electron chi connectivity index (χ3n) is 2.92. The first-order valence-corrected chi connectivity index (χ1v) is 6.11. The number of fused-ring (bicyclic) bond motifs is 1. The summed E-state index contributed by atoms with van der Waals surface area (Å²) >= 11 is 5.97. The molecule has 2 rings (SSSR count). The molecule has 1 heterocycles. The number of aliphatic carboxylic acids is 1. The van der Waals surface area contributed by atoms with Gasteiger partial charge in [0, 0.05) is 34.2 Å². The molecule has 0 aliphatic heterocycles. The normalized spacial score (nSPS) is 12.1. The van der Waals surface area contributed by atoms with Crippen LogP contribution >= 0.6 is 11.6 Å². The summed E-state index contributed by atoms with van der Waals surface area (Å²) in [4.78, 5) is 10.7. The van der Waals surface area contributed by atoms with Crippen LogP contribution in [0, 0.1) is 0 Å². The van der Waals surface area contributed by atoms with E-state index in [1.54, 1.807) is 6.92 Å². The number of rotatable bonds is 3. The second-order valence-corrected chi connectivity index (χ2v) is 4.58. The van der Waals surface area contributed by atoms with E-state index in [1.165, 1.54) is 6.08 Å². The van der Waals surface area contributed by atoms with Crippen molar-refractivity contribution < 1.29 is 9.90 Å². The number of carboxylic acids is 1. The number of aromatic nitrogens is 1. The largest absolute Gasteiger partial charge is 0.478 e. The molecule has 0 spiro atoms. The Labute approximate surface area is 110 Å². The zero-order valence-electron chi connectivity index (χ0n) is 10.3. The number of aryl methyl sites for hydroxylation is 1. The van der Waals surface area contributed by atoms with Gasteiger partial charge in [-0.05, 0) is 43.7 Å². The van der Waals surface area contributed by atoms with Crippen LogP contribution in [0.3, 0.4) is 0 Å². The predicted octanol–water partition coefficient (Wildman–Crippen LogP) is 3.80. The van der Waals surface area contributed by atoms with Crippen molar-refractivity contribution in [3.63, 3.8) is 0 Å². The first-order chi connectivity index (χ1) is 8.52. The van der Waals surface area contributed by atoms with Crippen molar-refractivity contribution in [1.29, 1.82) is 0 Å². The number of hydrogen-bond acceptors (Lipinski definition) is 1. The van der Waals surface area contributed by atoms with Crippen LogP contribution in [0.1, 0.15) is 19.5 Å². The van der Waals surface area contributed by atoms with Crippen molar-refractivity contribution in [3.05, 3.63) is 41.1 Å². The molecule has 1 aromatic carbocycles. The average Bonchev–Trinajstić information content (AvgIpc) is 2.65. The van der Waals surface area contributed by atoms with Gasteiger partial charge in [0.05, 0.1) is 0 Å². The summed E-state index contributed by atoms with van der Waals surface area (Å²) in [7, 11) is 0. The van der Waals surface area contributed by atoms with Gasteiger partial charge in [0.25, 0.3) is 0 Å². The Morgan fingerprint density at radius 3 is 2.78 bits per heavy atom. The lowest BCUT2D eigenvalue weighted by Crippen LogP contribution is -2.00. The highest BCUT2D eigenvalue weighted by Gasteiger charge is 2.10. The van der Waals surface area contributed by atoms with Crippen molar-refractivity contribution in [1.82, 2.24) is 4.57 Å². The van der Waals surface area contributed by atoms with Crippen molar-refractivity contribution in [2.75, 3.05) is 0 Å². The molecule has 0 aliphatic rings. The summed E-state index contributed by atoms with van der Waals surface area (Å²) in [6.07, 6.45) is 1.22. The molecule has 4 heteroatoms. The zero-order chi connectivity index (χ0) is 13.3. The number of benzene rings is 1. The molecular formula is C14H14ClNO2. The van der Waals surface area contributed by atoms with Gasteiger partial charge >= 0.3 is 5.97 Å². The standard InChI is InChI=1S/C14H14ClNO2/c1-3-16-12-5-4-11(15)7-10(12)8-13(16)9(2)6-14(17)18/h4-8H,3H2,1-2H3,(H,17,18)/b9-6+. The fourth-order valence-corrected chi connectivity index (χ4v) is 2.35. The molecule has 94 valence electrons. The molecule has 0 radical (unpaired) electrons. The van der Waals surface area contributed by atoms with E-state index < -0.39 is 5.97 Å². The van der Waals surface area contributed by atoms with Crippen LogP contribution in [0.5, 0.6) is 0 Å². The molecule has 0 amide bonds. The van der Waals surface area contributed by atoms with Crippen LogP contribution in [-0.4, -0.2) is 15.6 Å². The molecule has 0 aliphatic carbocycles. The van der Waals surface area contributed by atoms with E-state index in [0.717, 1.165) is 28.7 Å². The maximum absolute atomic E-state index is 10.7. The van der Waals surface area contributed by atoms with E-state index in [2.05, 4.69) is 4.57 Å². The van der Waals surface area contributed by atoms with Crippen LogP contribution in [0.15, 0.2) is 30.3 Å². The Balaban J connectivity index is 2.67. The van der Waals surface area contributed by atoms with Gasteiger partial charge in [0.1, 0.15) is 0 Å². The molecule has 0 unspecified atom stereocenters. The molecule has 18 heavy (non-hydrogen) atoms. The minimum atomic E-state index is -0.932. The maximum atomic E-state index is 10.7. The highest BCUT2D eigenvalue weighted by molar-refractivity contribution is 6.31. The van der Waals surface area contributed by atoms with Gasteiger partial charge in [-0.25, -0.2) is 4.79 Å². The minimum absolute atomic E-state index is 0.683. The summed E-state index contributed by atoms with van der Waals surface area (Å²) < 4.78 is 2.08. The molecule has 0 saturated heterocycles. The fourth-order valence-electron chi connectivity index (χ4n) is 2.17. The Hall–Kier alpha value is -1.74. The van der Waals surface area contributed by atoms with Crippen molar-refractivity contribution >= 4 is 34.0 Å². The van der Waals surface area contributed by atoms with E-state index >= 15 is 0 Å². The van der Waals surface area contributed by atoms with Crippen molar-refractivity contribution in [2.45, 2.75) is 20.4 Å². The first kappa shape index (κ1) is 12.7. The lowest BCUT2D eigenvalue weighted by atomic mass is 10.2. The first-order valence-electron chi connectivity index (χ1n) is 5.73. The molecule has 0 atom stereocenters. The predicted molar refractivity (Wildman–Crippen MR) is 73.9 cm³/mol. The van der Waals surface area contributed by atoms with Gasteiger partial charge in [0.2, 0.25) is 0 Å². The molecule has 0 fully saturated rings. The minimum Gasteiger partial charge on any atom is -0.478 e. The van der Waals surface area contributed by atoms with E-state index in [9.17, 15) is 4.79 Å². The fraction of sp³-hybridized carbons (Fsp3) is 0.214. The molecule has 0 saturated carbocycles. The molecular weight excluding hydrogens is 250 g/mol. The van der Waals surface area contributed by atoms with Gasteiger partial charge in [-0.15, -0.1) is 0 Å². The Bertz CT molecular complexity index is 641. The summed E-state index contributed by atoms with van der Waals surface area (Å²) in [5.74, 6) is -0.932. The molecule has 2 aromatic rings. The van der Waals surface area contributed by atoms with Gasteiger partial charge < -0.3 is 9.67 Å². The van der Waals surface area contributed by atoms with Gasteiger partial charge in [-0.2, -0.15) is 0 Å². The third-order valence-corrected chi connectivity index (χ3v) is 3.16. The van der Waals surface area contributed by atoms with Crippen LogP contribution in [-0.2, 0) is 11.3 Å². The van der Waals surface area contributed by atoms with Crippen LogP contribution < -0.4 is 0 Å². The molecule has 1 aromatic heterocycles. The van der Waals surface area contributed by atoms with Crippen molar-refractivity contribution in [2.24, 2.45) is 0 Å². The Morgan fingerprint density at radius 2 is 2.17 bits per heavy atom. The van der Waals surface area contributed by atoms with E-state index in [4.69, 9.17) is 16.7 Å². The molecule has 0 bridgehead atoms. The summed E-state index contributed by atoms with van der Waals surface area (Å²) in [5, 5.41) is 10.5. The lowest BCUT2D eigenvalue weighted by Gasteiger charge is -2.07. The van der Waals surface area contributed by atoms with Crippen LogP contribution in [0.2, 0.25) is 5.02 Å². The van der Waals surface area contributed by atoms with E-state index in [-0.39, 0.29) is 0 Å². The second kappa shape index (κ2) is 4.86. The van der Waals surface area contributed by atoms with Crippen LogP contribution in [0.25, 0.3) is 16.5 Å². The Morgan fingerprint density at radius 1 is 1.44 bits per heavy atom. The summed E-state index contributed by atoms with van der Waals surface area (Å²) in [6.45, 7) is 4.62. The van der Waals surface area contributed by atoms with E-state index in [1.807, 2.05) is 31.2 Å². The monoisotopic (exact) mass is 263 g/mol. The van der Waals surface area contributed by atoms with Gasteiger partial charge in [0.15, 0.2) is 0 Å². The topological polar surface area (TPSA) is 42.2 Å². The highest BCUT2D eigenvalue weighted by atomic mass is 35.5. The second-order valence-electron chi connectivity index (χ2n) is 4.14. The van der Waals surface area contributed by atoms with E-state index in [0.29, 0.717) is 5.02 Å². The molecule has 3 nitrogen and oxygen atoms in total. The maximum Gasteiger partial charge on any atom is 0.328 e. The SMILES string of the molecule is CCn1c(/C(C)=C/C(=O)O)cc2cc(Cl)ccc21. The third kappa shape index (κ3) is 2.27. The average molecular weight is 264 g/mol. The number of allylic oxidation sites excluding steroid dienone is 1. The molecule has 1 N–H and O–H groups in total. The number of carboxylic acid groups (broad SMARTS) is 1. The van der Waals surface area contributed by atoms with Crippen molar-refractivity contribution in [3.8, 4) is 0 Å². The summed E-state index contributed by atoms with van der Waals surface area (Å²) in [6, 6.07) is 7.66. The van der Waals surface area contributed by atoms with Gasteiger partial charge in [-0.1, -0.05) is 11.6 Å². The van der Waals surface area contributed by atoms with Gasteiger partial charge in [-0.3, -0.25) is 0 Å². The number of hydrogen-bond donors (Lipinski definition) is 1. The Kier molecular flexibility index (Phi) is 3.43. The quantitative estimate of drug-likeness (QED) is 0.856. The number of halogens is 1. The van der Waals surface area contributed by atoms with Crippen LogP contribution in [0.4, 0.5) is 0 Å². The lowest BCUT2D eigenvalue weighted by molar-refractivity contribution is -0.131. The summed E-state index contributed by atoms with van der Waals surface area (Å²) in [5.41, 5.74) is 2.71. The highest BCUT2D eigenvalue weighted by Crippen LogP contribution is 2.27. The smallest absolute Gasteiger partial charge is 0.328 e. The number of nitrogens with zero attached hydrogens (tertiary/aromatic N) is 1. The number of carbonyl (C=O) groups is 1.